The zero-order valence-electron chi connectivity index (χ0n) is 18.9. The Morgan fingerprint density at radius 3 is 2.47 bits per heavy atom. The number of carbonyl (C=O) groups excluding carboxylic acids is 1. The van der Waals surface area contributed by atoms with Gasteiger partial charge in [0.05, 0.1) is 6.20 Å². The molecule has 3 rings (SSSR count). The number of rotatable bonds is 5. The molecule has 7 nitrogen and oxygen atoms in total. The molecule has 1 aromatic rings. The molecule has 7 heteroatoms. The minimum Gasteiger partial charge on any atom is -0.449 e. The summed E-state index contributed by atoms with van der Waals surface area (Å²) in [5, 5.41) is 13.9. The molecule has 0 aromatic carbocycles. The summed E-state index contributed by atoms with van der Waals surface area (Å²) < 4.78 is 6.74. The summed E-state index contributed by atoms with van der Waals surface area (Å²) >= 11 is 0. The molecule has 0 aliphatic heterocycles. The Kier molecular flexibility index (Phi) is 6.58. The lowest BCUT2D eigenvalue weighted by Gasteiger charge is -2.32. The molecule has 1 N–H and O–H groups in total. The Hall–Kier alpha value is -2.31. The smallest absolute Gasteiger partial charge is 0.449 e. The van der Waals surface area contributed by atoms with E-state index in [9.17, 15) is 14.7 Å². The monoisotopic (exact) mass is 417 g/mol. The summed E-state index contributed by atoms with van der Waals surface area (Å²) in [5.74, 6) is 1.01. The predicted molar refractivity (Wildman–Crippen MR) is 117 cm³/mol. The highest BCUT2D eigenvalue weighted by Crippen LogP contribution is 2.39. The molecule has 1 fully saturated rings. The van der Waals surface area contributed by atoms with Crippen molar-refractivity contribution >= 4 is 23.6 Å². The summed E-state index contributed by atoms with van der Waals surface area (Å²) in [7, 11) is 0. The first-order valence-corrected chi connectivity index (χ1v) is 11.1. The third kappa shape index (κ3) is 5.05. The van der Waals surface area contributed by atoms with Crippen molar-refractivity contribution in [3.63, 3.8) is 0 Å². The third-order valence-electron chi connectivity index (χ3n) is 6.45. The Morgan fingerprint density at radius 2 is 1.93 bits per heavy atom. The average molecular weight is 418 g/mol. The second-order valence-electron chi connectivity index (χ2n) is 9.95. The van der Waals surface area contributed by atoms with Crippen LogP contribution in [0.5, 0.6) is 5.75 Å². The lowest BCUT2D eigenvalue weighted by molar-refractivity contribution is -0.124. The number of allylic oxidation sites excluding steroid dienone is 2. The Morgan fingerprint density at radius 1 is 1.27 bits per heavy atom. The summed E-state index contributed by atoms with van der Waals surface area (Å²) in [6, 6.07) is -0.157. The SMILES string of the molecule is CC1CCC(C(=O)N(c2nn(C3=CCC(C)(C)CC3)cc2OC(=O)O)C(C)C)CC1. The van der Waals surface area contributed by atoms with Gasteiger partial charge in [0, 0.05) is 17.7 Å². The van der Waals surface area contributed by atoms with E-state index in [0.717, 1.165) is 50.6 Å². The highest BCUT2D eigenvalue weighted by Gasteiger charge is 2.34. The highest BCUT2D eigenvalue weighted by molar-refractivity contribution is 5.96. The number of carboxylic acid groups (broad SMARTS) is 1. The summed E-state index contributed by atoms with van der Waals surface area (Å²) in [6.45, 7) is 10.5. The molecule has 166 valence electrons. The van der Waals surface area contributed by atoms with Crippen LogP contribution in [0.2, 0.25) is 0 Å². The van der Waals surface area contributed by atoms with Crippen molar-refractivity contribution in [1.82, 2.24) is 9.78 Å². The van der Waals surface area contributed by atoms with E-state index >= 15 is 0 Å². The molecule has 2 aliphatic rings. The largest absolute Gasteiger partial charge is 0.511 e. The highest BCUT2D eigenvalue weighted by atomic mass is 16.7. The Labute approximate surface area is 179 Å². The van der Waals surface area contributed by atoms with E-state index in [-0.39, 0.29) is 29.0 Å². The zero-order chi connectivity index (χ0) is 22.1. The van der Waals surface area contributed by atoms with Crippen LogP contribution in [0.25, 0.3) is 5.70 Å². The van der Waals surface area contributed by atoms with Crippen molar-refractivity contribution in [2.75, 3.05) is 4.90 Å². The number of anilines is 1. The fourth-order valence-corrected chi connectivity index (χ4v) is 4.41. The van der Waals surface area contributed by atoms with E-state index in [4.69, 9.17) is 4.74 Å². The fourth-order valence-electron chi connectivity index (χ4n) is 4.41. The van der Waals surface area contributed by atoms with E-state index in [1.807, 2.05) is 13.8 Å². The van der Waals surface area contributed by atoms with Crippen LogP contribution in [0.4, 0.5) is 10.6 Å². The van der Waals surface area contributed by atoms with E-state index in [2.05, 4.69) is 31.9 Å². The maximum atomic E-state index is 13.4. The maximum Gasteiger partial charge on any atom is 0.511 e. The number of aromatic nitrogens is 2. The number of hydrogen-bond donors (Lipinski definition) is 1. The molecule has 0 atom stereocenters. The number of hydrogen-bond acceptors (Lipinski definition) is 4. The molecule has 1 heterocycles. The molecule has 0 unspecified atom stereocenters. The average Bonchev–Trinajstić information content (AvgIpc) is 3.04. The van der Waals surface area contributed by atoms with Gasteiger partial charge in [0.1, 0.15) is 0 Å². The zero-order valence-corrected chi connectivity index (χ0v) is 18.9. The number of amides is 1. The fraction of sp³-hybridized carbons (Fsp3) is 0.696. The van der Waals surface area contributed by atoms with E-state index < -0.39 is 6.16 Å². The van der Waals surface area contributed by atoms with Crippen LogP contribution in [-0.4, -0.2) is 33.0 Å². The summed E-state index contributed by atoms with van der Waals surface area (Å²) in [5.41, 5.74) is 1.26. The molecule has 2 aliphatic carbocycles. The van der Waals surface area contributed by atoms with Crippen LogP contribution in [-0.2, 0) is 4.79 Å². The molecule has 1 amide bonds. The molecule has 1 saturated carbocycles. The van der Waals surface area contributed by atoms with Gasteiger partial charge in [-0.3, -0.25) is 9.69 Å². The normalized spacial score (nSPS) is 23.7. The van der Waals surface area contributed by atoms with Crippen molar-refractivity contribution in [1.29, 1.82) is 0 Å². The van der Waals surface area contributed by atoms with Crippen molar-refractivity contribution in [2.24, 2.45) is 17.3 Å². The van der Waals surface area contributed by atoms with Gasteiger partial charge in [-0.25, -0.2) is 9.48 Å². The van der Waals surface area contributed by atoms with Gasteiger partial charge < -0.3 is 9.84 Å². The van der Waals surface area contributed by atoms with Crippen LogP contribution < -0.4 is 9.64 Å². The summed E-state index contributed by atoms with van der Waals surface area (Å²) in [4.78, 5) is 26.4. The van der Waals surface area contributed by atoms with Gasteiger partial charge in [-0.2, -0.15) is 0 Å². The van der Waals surface area contributed by atoms with Crippen LogP contribution >= 0.6 is 0 Å². The quantitative estimate of drug-likeness (QED) is 0.634. The van der Waals surface area contributed by atoms with Gasteiger partial charge in [-0.15, -0.1) is 5.10 Å². The second kappa shape index (κ2) is 8.82. The molecule has 1 aromatic heterocycles. The van der Waals surface area contributed by atoms with Gasteiger partial charge in [0.2, 0.25) is 11.7 Å². The minimum atomic E-state index is -1.41. The first kappa shape index (κ1) is 22.4. The lowest BCUT2D eigenvalue weighted by atomic mass is 9.80. The van der Waals surface area contributed by atoms with E-state index in [0.29, 0.717) is 11.7 Å². The maximum absolute atomic E-state index is 13.4. The Bertz CT molecular complexity index is 816. The molecular formula is C23H35N3O4. The number of ether oxygens (including phenoxy) is 1. The molecule has 0 spiro atoms. The molecule has 0 radical (unpaired) electrons. The van der Waals surface area contributed by atoms with Crippen LogP contribution in [0.1, 0.15) is 79.6 Å². The van der Waals surface area contributed by atoms with Gasteiger partial charge in [-0.05, 0) is 70.1 Å². The molecule has 0 saturated heterocycles. The van der Waals surface area contributed by atoms with Crippen molar-refractivity contribution in [3.05, 3.63) is 12.3 Å². The minimum absolute atomic E-state index is 0.0103. The van der Waals surface area contributed by atoms with Crippen molar-refractivity contribution < 1.29 is 19.4 Å². The van der Waals surface area contributed by atoms with Crippen molar-refractivity contribution in [2.45, 2.75) is 85.6 Å². The van der Waals surface area contributed by atoms with Gasteiger partial charge >= 0.3 is 6.16 Å². The van der Waals surface area contributed by atoms with Crippen LogP contribution in [0.3, 0.4) is 0 Å². The summed E-state index contributed by atoms with van der Waals surface area (Å²) in [6.07, 6.45) is 8.94. The first-order chi connectivity index (χ1) is 14.1. The van der Waals surface area contributed by atoms with Crippen molar-refractivity contribution in [3.8, 4) is 5.75 Å². The first-order valence-electron chi connectivity index (χ1n) is 11.1. The number of nitrogens with zero attached hydrogens (tertiary/aromatic N) is 3. The lowest BCUT2D eigenvalue weighted by Crippen LogP contribution is -2.42. The second-order valence-corrected chi connectivity index (χ2v) is 9.95. The van der Waals surface area contributed by atoms with E-state index in [1.54, 1.807) is 15.8 Å². The van der Waals surface area contributed by atoms with Gasteiger partial charge in [0.15, 0.2) is 5.75 Å². The third-order valence-corrected chi connectivity index (χ3v) is 6.45. The molecular weight excluding hydrogens is 382 g/mol. The predicted octanol–water partition coefficient (Wildman–Crippen LogP) is 5.56. The number of carbonyl (C=O) groups is 2. The van der Waals surface area contributed by atoms with Gasteiger partial charge in [0.25, 0.3) is 0 Å². The molecule has 30 heavy (non-hydrogen) atoms. The topological polar surface area (TPSA) is 84.7 Å². The van der Waals surface area contributed by atoms with E-state index in [1.165, 1.54) is 0 Å². The Balaban J connectivity index is 1.94. The van der Waals surface area contributed by atoms with Crippen LogP contribution in [0, 0.1) is 17.3 Å². The molecule has 0 bridgehead atoms. The van der Waals surface area contributed by atoms with Crippen LogP contribution in [0.15, 0.2) is 12.3 Å². The standard InChI is InChI=1S/C23H35N3O4/c1-15(2)26(21(27)17-8-6-16(3)7-9-17)20-19(30-22(28)29)14-25(24-20)18-10-12-23(4,5)13-11-18/h10,14-17H,6-9,11-13H2,1-5H3,(H,28,29). The van der Waals surface area contributed by atoms with Gasteiger partial charge in [-0.1, -0.05) is 26.8 Å².